The molecule has 28 heavy (non-hydrogen) atoms. The van der Waals surface area contributed by atoms with Crippen LogP contribution < -0.4 is 0 Å². The van der Waals surface area contributed by atoms with Gasteiger partial charge in [-0.25, -0.2) is 0 Å². The molecule has 0 saturated heterocycles. The number of carbonyl (C=O) groups excluding carboxylic acids is 1. The summed E-state index contributed by atoms with van der Waals surface area (Å²) in [6.45, 7) is 2.24. The normalized spacial score (nSPS) is 14.3. The zero-order valence-electron chi connectivity index (χ0n) is 16.2. The number of aromatic nitrogens is 1. The van der Waals surface area contributed by atoms with Gasteiger partial charge in [0.1, 0.15) is 11.5 Å². The van der Waals surface area contributed by atoms with Crippen molar-refractivity contribution in [2.75, 3.05) is 27.2 Å². The molecule has 2 aromatic rings. The fraction of sp³-hybridized carbons (Fsp3) is 0.400. The van der Waals surface area contributed by atoms with Crippen molar-refractivity contribution in [1.82, 2.24) is 9.88 Å². The van der Waals surface area contributed by atoms with Crippen LogP contribution in [0.15, 0.2) is 48.7 Å². The van der Waals surface area contributed by atoms with Gasteiger partial charge < -0.3 is 14.7 Å². The number of esters is 1. The largest absolute Gasteiger partial charge is 0.465 e. The van der Waals surface area contributed by atoms with E-state index >= 15 is 0 Å². The number of aliphatic hydroxyl groups excluding tert-OH is 1. The number of aliphatic hydroxyl groups is 1. The highest BCUT2D eigenvalue weighted by Gasteiger charge is 2.49. The Hall–Kier alpha value is -2.84. The Labute approximate surface area is 163 Å². The van der Waals surface area contributed by atoms with E-state index in [9.17, 15) is 20.0 Å². The highest BCUT2D eigenvalue weighted by atomic mass is 16.6. The number of benzene rings is 1. The maximum atomic E-state index is 13.2. The molecule has 0 bridgehead atoms. The lowest BCUT2D eigenvalue weighted by Crippen LogP contribution is -2.45. The summed E-state index contributed by atoms with van der Waals surface area (Å²) in [5.41, 5.74) is -1.09. The molecule has 0 amide bonds. The number of non-ortho nitro benzene ring substituents is 1. The lowest BCUT2D eigenvalue weighted by molar-refractivity contribution is -0.385. The van der Waals surface area contributed by atoms with Crippen LogP contribution in [-0.4, -0.2) is 53.1 Å². The predicted octanol–water partition coefficient (Wildman–Crippen LogP) is 2.48. The number of hydrogen-bond acceptors (Lipinski definition) is 7. The van der Waals surface area contributed by atoms with Crippen LogP contribution in [0.5, 0.6) is 0 Å². The summed E-state index contributed by atoms with van der Waals surface area (Å²) in [6.07, 6.45) is 0.376. The summed E-state index contributed by atoms with van der Waals surface area (Å²) in [4.78, 5) is 30.0. The Morgan fingerprint density at radius 3 is 2.64 bits per heavy atom. The fourth-order valence-corrected chi connectivity index (χ4v) is 3.12. The third-order valence-electron chi connectivity index (χ3n) is 4.60. The first-order valence-electron chi connectivity index (χ1n) is 8.98. The van der Waals surface area contributed by atoms with Crippen LogP contribution in [0.1, 0.15) is 30.7 Å². The zero-order chi connectivity index (χ0) is 20.7. The van der Waals surface area contributed by atoms with E-state index in [0.29, 0.717) is 17.8 Å². The number of hydrogen-bond donors (Lipinski definition) is 1. The topological polar surface area (TPSA) is 106 Å². The summed E-state index contributed by atoms with van der Waals surface area (Å²) in [5, 5.41) is 22.6. The van der Waals surface area contributed by atoms with Crippen molar-refractivity contribution in [2.45, 2.75) is 24.9 Å². The van der Waals surface area contributed by atoms with Gasteiger partial charge in [0.15, 0.2) is 0 Å². The van der Waals surface area contributed by atoms with Crippen LogP contribution in [0.25, 0.3) is 0 Å². The van der Waals surface area contributed by atoms with Gasteiger partial charge in [0.25, 0.3) is 5.69 Å². The number of nitro groups is 1. The Morgan fingerprint density at radius 1 is 1.32 bits per heavy atom. The number of nitrogens with zero attached hydrogens (tertiary/aromatic N) is 3. The monoisotopic (exact) mass is 387 g/mol. The molecule has 2 unspecified atom stereocenters. The third kappa shape index (κ3) is 4.52. The van der Waals surface area contributed by atoms with Crippen LogP contribution in [0, 0.1) is 10.1 Å². The van der Waals surface area contributed by atoms with Gasteiger partial charge in [-0.3, -0.25) is 19.9 Å². The SMILES string of the molecule is CCOC(=O)C(CCN(C)C)(c1cccc([N+](=O)[O-])c1)C(O)c1ccccn1. The first kappa shape index (κ1) is 21.5. The van der Waals surface area contributed by atoms with Crippen LogP contribution in [-0.2, 0) is 14.9 Å². The summed E-state index contributed by atoms with van der Waals surface area (Å²) in [6, 6.07) is 10.8. The minimum Gasteiger partial charge on any atom is -0.465 e. The molecule has 2 atom stereocenters. The molecular weight excluding hydrogens is 362 g/mol. The molecular formula is C20H25N3O5. The number of pyridine rings is 1. The van der Waals surface area contributed by atoms with Crippen LogP contribution in [0.2, 0.25) is 0 Å². The van der Waals surface area contributed by atoms with Crippen molar-refractivity contribution < 1.29 is 19.6 Å². The van der Waals surface area contributed by atoms with Crippen molar-refractivity contribution in [3.05, 3.63) is 70.0 Å². The highest BCUT2D eigenvalue weighted by Crippen LogP contribution is 2.42. The third-order valence-corrected chi connectivity index (χ3v) is 4.60. The molecule has 150 valence electrons. The molecule has 0 fully saturated rings. The van der Waals surface area contributed by atoms with Gasteiger partial charge in [-0.2, -0.15) is 0 Å². The van der Waals surface area contributed by atoms with Crippen LogP contribution >= 0.6 is 0 Å². The van der Waals surface area contributed by atoms with E-state index in [1.165, 1.54) is 24.4 Å². The number of ether oxygens (including phenoxy) is 1. The van der Waals surface area contributed by atoms with Gasteiger partial charge in [0.05, 0.1) is 17.2 Å². The second-order valence-corrected chi connectivity index (χ2v) is 6.71. The smallest absolute Gasteiger partial charge is 0.319 e. The second kappa shape index (κ2) is 9.38. The maximum absolute atomic E-state index is 13.2. The van der Waals surface area contributed by atoms with Crippen molar-refractivity contribution in [3.8, 4) is 0 Å². The minimum absolute atomic E-state index is 0.117. The second-order valence-electron chi connectivity index (χ2n) is 6.71. The molecule has 8 heteroatoms. The highest BCUT2D eigenvalue weighted by molar-refractivity contribution is 5.84. The van der Waals surface area contributed by atoms with Crippen molar-refractivity contribution in [3.63, 3.8) is 0 Å². The summed E-state index contributed by atoms with van der Waals surface area (Å²) in [7, 11) is 3.69. The van der Waals surface area contributed by atoms with Crippen molar-refractivity contribution in [2.24, 2.45) is 0 Å². The Bertz CT molecular complexity index is 812. The van der Waals surface area contributed by atoms with Crippen LogP contribution in [0.4, 0.5) is 5.69 Å². The summed E-state index contributed by atoms with van der Waals surface area (Å²) < 4.78 is 5.32. The van der Waals surface area contributed by atoms with E-state index in [-0.39, 0.29) is 18.7 Å². The molecule has 0 spiro atoms. The Kier molecular flexibility index (Phi) is 7.19. The molecule has 1 aromatic heterocycles. The molecule has 2 rings (SSSR count). The average molecular weight is 387 g/mol. The molecule has 1 heterocycles. The van der Waals surface area contributed by atoms with E-state index in [0.717, 1.165) is 0 Å². The molecule has 1 N–H and O–H groups in total. The molecule has 8 nitrogen and oxygen atoms in total. The summed E-state index contributed by atoms with van der Waals surface area (Å²) >= 11 is 0. The molecule has 0 radical (unpaired) electrons. The number of rotatable bonds is 9. The van der Waals surface area contributed by atoms with Crippen molar-refractivity contribution >= 4 is 11.7 Å². The summed E-state index contributed by atoms with van der Waals surface area (Å²) in [5.74, 6) is -0.643. The Morgan fingerprint density at radius 2 is 2.07 bits per heavy atom. The number of nitro benzene ring substituents is 1. The quantitative estimate of drug-likeness (QED) is 0.400. The lowest BCUT2D eigenvalue weighted by Gasteiger charge is -2.36. The first-order valence-corrected chi connectivity index (χ1v) is 8.98. The van der Waals surface area contributed by atoms with Crippen molar-refractivity contribution in [1.29, 1.82) is 0 Å². The van der Waals surface area contributed by atoms with Gasteiger partial charge in [-0.1, -0.05) is 18.2 Å². The van der Waals surface area contributed by atoms with E-state index < -0.39 is 22.4 Å². The van der Waals surface area contributed by atoms with E-state index in [4.69, 9.17) is 4.74 Å². The van der Waals surface area contributed by atoms with Gasteiger partial charge in [-0.15, -0.1) is 0 Å². The predicted molar refractivity (Wildman–Crippen MR) is 104 cm³/mol. The average Bonchev–Trinajstić information content (AvgIpc) is 2.69. The molecule has 0 aliphatic carbocycles. The molecule has 1 aromatic carbocycles. The van der Waals surface area contributed by atoms with Crippen LogP contribution in [0.3, 0.4) is 0 Å². The minimum atomic E-state index is -1.54. The molecule has 0 aliphatic heterocycles. The van der Waals surface area contributed by atoms with E-state index in [1.54, 1.807) is 31.2 Å². The first-order chi connectivity index (χ1) is 13.3. The van der Waals surface area contributed by atoms with Gasteiger partial charge in [0, 0.05) is 18.3 Å². The van der Waals surface area contributed by atoms with Gasteiger partial charge in [-0.05, 0) is 51.7 Å². The zero-order valence-corrected chi connectivity index (χ0v) is 16.2. The maximum Gasteiger partial charge on any atom is 0.319 e. The lowest BCUT2D eigenvalue weighted by atomic mass is 9.71. The van der Waals surface area contributed by atoms with E-state index in [2.05, 4.69) is 4.98 Å². The van der Waals surface area contributed by atoms with E-state index in [1.807, 2.05) is 19.0 Å². The van der Waals surface area contributed by atoms with Gasteiger partial charge in [0.2, 0.25) is 0 Å². The Balaban J connectivity index is 2.70. The fourth-order valence-electron chi connectivity index (χ4n) is 3.12. The number of carbonyl (C=O) groups is 1. The molecule has 0 saturated carbocycles. The van der Waals surface area contributed by atoms with Gasteiger partial charge >= 0.3 is 5.97 Å². The molecule has 0 aliphatic rings. The standard InChI is InChI=1S/C20H25N3O5/c1-4-28-19(25)20(11-13-22(2)3,18(24)17-10-5-6-12-21-17)15-8-7-9-16(14-15)23(26)27/h5-10,12,14,18,24H,4,11,13H2,1-3H3.